The average Bonchev–Trinajstić information content (AvgIpc) is 2.86. The summed E-state index contributed by atoms with van der Waals surface area (Å²) in [6.07, 6.45) is 0. The molecule has 0 bridgehead atoms. The zero-order valence-electron chi connectivity index (χ0n) is 11.7. The summed E-state index contributed by atoms with van der Waals surface area (Å²) in [6, 6.07) is 10.7. The van der Waals surface area contributed by atoms with Crippen LogP contribution in [0.15, 0.2) is 36.4 Å². The maximum atomic E-state index is 12.3. The van der Waals surface area contributed by atoms with Crippen molar-refractivity contribution in [2.75, 3.05) is 6.61 Å². The first-order valence-electron chi connectivity index (χ1n) is 6.66. The molecule has 2 aromatic rings. The second-order valence-electron chi connectivity index (χ2n) is 4.61. The van der Waals surface area contributed by atoms with E-state index < -0.39 is 6.04 Å². The molecule has 20 heavy (non-hydrogen) atoms. The summed E-state index contributed by atoms with van der Waals surface area (Å²) >= 11 is 0. The fraction of sp³-hybridized carbons (Fsp3) is 0.333. The summed E-state index contributed by atoms with van der Waals surface area (Å²) in [6.45, 7) is 4.27. The largest absolute Gasteiger partial charge is 0.394 e. The van der Waals surface area contributed by atoms with Gasteiger partial charge in [-0.15, -0.1) is 0 Å². The molecule has 0 saturated carbocycles. The number of aliphatic hydroxyl groups excluding tert-OH is 1. The second-order valence-corrected chi connectivity index (χ2v) is 4.61. The second kappa shape index (κ2) is 6.34. The molecule has 1 heterocycles. The molecule has 106 valence electrons. The van der Waals surface area contributed by atoms with Crippen molar-refractivity contribution in [1.82, 2.24) is 15.1 Å². The Morgan fingerprint density at radius 2 is 2.10 bits per heavy atom. The first-order chi connectivity index (χ1) is 9.65. The van der Waals surface area contributed by atoms with Crippen molar-refractivity contribution in [2.45, 2.75) is 26.4 Å². The first kappa shape index (κ1) is 14.3. The minimum absolute atomic E-state index is 0.144. The van der Waals surface area contributed by atoms with Gasteiger partial charge in [0, 0.05) is 6.54 Å². The van der Waals surface area contributed by atoms with E-state index in [-0.39, 0.29) is 12.5 Å². The third-order valence-corrected chi connectivity index (χ3v) is 3.12. The summed E-state index contributed by atoms with van der Waals surface area (Å²) in [7, 11) is 0. The molecule has 2 N–H and O–H groups in total. The van der Waals surface area contributed by atoms with Crippen molar-refractivity contribution in [3.63, 3.8) is 0 Å². The Bertz CT molecular complexity index is 578. The van der Waals surface area contributed by atoms with Crippen LogP contribution in [-0.2, 0) is 6.54 Å². The van der Waals surface area contributed by atoms with E-state index in [2.05, 4.69) is 10.4 Å². The van der Waals surface area contributed by atoms with Gasteiger partial charge in [-0.3, -0.25) is 9.48 Å². The van der Waals surface area contributed by atoms with E-state index in [1.165, 1.54) is 0 Å². The third-order valence-electron chi connectivity index (χ3n) is 3.12. The summed E-state index contributed by atoms with van der Waals surface area (Å²) in [4.78, 5) is 12.3. The van der Waals surface area contributed by atoms with Gasteiger partial charge in [-0.2, -0.15) is 5.10 Å². The van der Waals surface area contributed by atoms with Crippen LogP contribution in [0.5, 0.6) is 0 Å². The summed E-state index contributed by atoms with van der Waals surface area (Å²) in [5.41, 5.74) is 2.19. The third kappa shape index (κ3) is 3.05. The molecule has 2 rings (SSSR count). The number of hydrogen-bond donors (Lipinski definition) is 2. The van der Waals surface area contributed by atoms with Crippen molar-refractivity contribution in [2.24, 2.45) is 0 Å². The van der Waals surface area contributed by atoms with Crippen molar-refractivity contribution in [1.29, 1.82) is 0 Å². The molecule has 1 aromatic carbocycles. The maximum absolute atomic E-state index is 12.3. The first-order valence-corrected chi connectivity index (χ1v) is 6.66. The molecule has 5 nitrogen and oxygen atoms in total. The van der Waals surface area contributed by atoms with Gasteiger partial charge in [0.05, 0.1) is 18.3 Å². The highest BCUT2D eigenvalue weighted by atomic mass is 16.3. The number of carbonyl (C=O) groups is 1. The van der Waals surface area contributed by atoms with Crippen molar-refractivity contribution >= 4 is 5.91 Å². The SMILES string of the molecule is CCn1nc(C)cc1C(=O)N[C@@H](CO)c1ccccc1. The van der Waals surface area contributed by atoms with Crippen LogP contribution in [0.1, 0.15) is 34.7 Å². The Morgan fingerprint density at radius 1 is 1.40 bits per heavy atom. The lowest BCUT2D eigenvalue weighted by Gasteiger charge is -2.16. The maximum Gasteiger partial charge on any atom is 0.270 e. The van der Waals surface area contributed by atoms with Gasteiger partial charge in [0.15, 0.2) is 0 Å². The number of nitrogens with one attached hydrogen (secondary N) is 1. The number of rotatable bonds is 5. The topological polar surface area (TPSA) is 67.2 Å². The van der Waals surface area contributed by atoms with E-state index in [0.29, 0.717) is 12.2 Å². The number of hydrogen-bond acceptors (Lipinski definition) is 3. The highest BCUT2D eigenvalue weighted by Crippen LogP contribution is 2.13. The molecular weight excluding hydrogens is 254 g/mol. The molecule has 0 unspecified atom stereocenters. The van der Waals surface area contributed by atoms with Gasteiger partial charge in [-0.1, -0.05) is 30.3 Å². The Labute approximate surface area is 118 Å². The molecule has 0 aliphatic rings. The highest BCUT2D eigenvalue weighted by Gasteiger charge is 2.18. The van der Waals surface area contributed by atoms with Crippen LogP contribution < -0.4 is 5.32 Å². The van der Waals surface area contributed by atoms with Gasteiger partial charge in [0.25, 0.3) is 5.91 Å². The van der Waals surface area contributed by atoms with Crippen LogP contribution >= 0.6 is 0 Å². The fourth-order valence-corrected chi connectivity index (χ4v) is 2.12. The van der Waals surface area contributed by atoms with E-state index in [4.69, 9.17) is 0 Å². The smallest absolute Gasteiger partial charge is 0.270 e. The summed E-state index contributed by atoms with van der Waals surface area (Å²) < 4.78 is 1.66. The highest BCUT2D eigenvalue weighted by molar-refractivity contribution is 5.93. The van der Waals surface area contributed by atoms with Crippen molar-refractivity contribution < 1.29 is 9.90 Å². The molecule has 1 atom stereocenters. The number of amides is 1. The van der Waals surface area contributed by atoms with Crippen LogP contribution in [0, 0.1) is 6.92 Å². The number of benzene rings is 1. The van der Waals surface area contributed by atoms with Gasteiger partial charge in [0.2, 0.25) is 0 Å². The van der Waals surface area contributed by atoms with Crippen LogP contribution in [-0.4, -0.2) is 27.4 Å². The Morgan fingerprint density at radius 3 is 2.70 bits per heavy atom. The molecule has 1 aromatic heterocycles. The number of carbonyl (C=O) groups excluding carboxylic acids is 1. The van der Waals surface area contributed by atoms with E-state index in [9.17, 15) is 9.90 Å². The summed E-state index contributed by atoms with van der Waals surface area (Å²) in [5.74, 6) is -0.227. The van der Waals surface area contributed by atoms with E-state index >= 15 is 0 Å². The number of nitrogens with zero attached hydrogens (tertiary/aromatic N) is 2. The molecule has 5 heteroatoms. The minimum atomic E-state index is -0.413. The monoisotopic (exact) mass is 273 g/mol. The van der Waals surface area contributed by atoms with Crippen molar-refractivity contribution in [3.8, 4) is 0 Å². The number of aryl methyl sites for hydroxylation is 2. The van der Waals surface area contributed by atoms with Crippen LogP contribution in [0.4, 0.5) is 0 Å². The summed E-state index contributed by atoms with van der Waals surface area (Å²) in [5, 5.41) is 16.6. The van der Waals surface area contributed by atoms with Crippen LogP contribution in [0.2, 0.25) is 0 Å². The zero-order valence-corrected chi connectivity index (χ0v) is 11.7. The molecular formula is C15H19N3O2. The molecule has 0 saturated heterocycles. The Kier molecular flexibility index (Phi) is 4.53. The molecule has 0 aliphatic carbocycles. The van der Waals surface area contributed by atoms with E-state index in [0.717, 1.165) is 11.3 Å². The standard InChI is InChI=1S/C15H19N3O2/c1-3-18-14(9-11(2)17-18)15(20)16-13(10-19)12-7-5-4-6-8-12/h4-9,13,19H,3,10H2,1-2H3,(H,16,20)/t13-/m0/s1. The molecule has 0 aliphatic heterocycles. The van der Waals surface area contributed by atoms with E-state index in [1.54, 1.807) is 10.7 Å². The van der Waals surface area contributed by atoms with Crippen LogP contribution in [0.25, 0.3) is 0 Å². The normalized spacial score (nSPS) is 12.2. The Hall–Kier alpha value is -2.14. The molecule has 0 radical (unpaired) electrons. The molecule has 0 spiro atoms. The van der Waals surface area contributed by atoms with Gasteiger partial charge in [-0.25, -0.2) is 0 Å². The lowest BCUT2D eigenvalue weighted by molar-refractivity contribution is 0.0905. The predicted molar refractivity (Wildman–Crippen MR) is 76.4 cm³/mol. The Balaban J connectivity index is 2.17. The molecule has 1 amide bonds. The van der Waals surface area contributed by atoms with Gasteiger partial charge in [0.1, 0.15) is 5.69 Å². The number of aliphatic hydroxyl groups is 1. The molecule has 0 fully saturated rings. The predicted octanol–water partition coefficient (Wildman–Crippen LogP) is 1.67. The van der Waals surface area contributed by atoms with Gasteiger partial charge >= 0.3 is 0 Å². The minimum Gasteiger partial charge on any atom is -0.394 e. The lowest BCUT2D eigenvalue weighted by atomic mass is 10.1. The van der Waals surface area contributed by atoms with Gasteiger partial charge in [-0.05, 0) is 25.5 Å². The van der Waals surface area contributed by atoms with Crippen LogP contribution in [0.3, 0.4) is 0 Å². The fourth-order valence-electron chi connectivity index (χ4n) is 2.12. The quantitative estimate of drug-likeness (QED) is 0.871. The number of aromatic nitrogens is 2. The van der Waals surface area contributed by atoms with Crippen molar-refractivity contribution in [3.05, 3.63) is 53.3 Å². The lowest BCUT2D eigenvalue weighted by Crippen LogP contribution is -2.32. The van der Waals surface area contributed by atoms with Gasteiger partial charge < -0.3 is 10.4 Å². The van der Waals surface area contributed by atoms with E-state index in [1.807, 2.05) is 44.2 Å². The average molecular weight is 273 g/mol. The zero-order chi connectivity index (χ0) is 14.5.